The summed E-state index contributed by atoms with van der Waals surface area (Å²) in [6.45, 7) is -0.308. The van der Waals surface area contributed by atoms with Gasteiger partial charge in [0, 0.05) is 5.56 Å². The van der Waals surface area contributed by atoms with Crippen molar-refractivity contribution in [3.05, 3.63) is 70.8 Å². The fraction of sp³-hybridized carbons (Fsp3) is 0.167. The number of esters is 1. The van der Waals surface area contributed by atoms with Crippen molar-refractivity contribution in [2.45, 2.75) is 19.2 Å². The number of carbonyl (C=O) groups is 2. The van der Waals surface area contributed by atoms with Crippen LogP contribution in [0.5, 0.6) is 0 Å². The van der Waals surface area contributed by atoms with E-state index in [0.717, 1.165) is 12.1 Å². The smallest absolute Gasteiger partial charge is 0.416 e. The van der Waals surface area contributed by atoms with Gasteiger partial charge in [-0.3, -0.25) is 4.79 Å². The van der Waals surface area contributed by atoms with Gasteiger partial charge in [-0.25, -0.2) is 4.79 Å². The van der Waals surface area contributed by atoms with Crippen molar-refractivity contribution < 1.29 is 27.5 Å². The molecule has 2 aromatic rings. The molecule has 0 aliphatic carbocycles. The number of hydrogen-bond donors (Lipinski definition) is 0. The second kappa shape index (κ2) is 7.62. The Morgan fingerprint density at radius 2 is 1.68 bits per heavy atom. The quantitative estimate of drug-likeness (QED) is 0.602. The maximum atomic E-state index is 12.6. The third-order valence-corrected chi connectivity index (χ3v) is 3.31. The number of ketones is 1. The van der Waals surface area contributed by atoms with E-state index >= 15 is 0 Å². The van der Waals surface area contributed by atoms with Gasteiger partial charge in [0.25, 0.3) is 0 Å². The SMILES string of the molecule is N#CCC(=O)c1ccc(C(=O)OCc2cccc(C(F)(F)F)c2)cc1. The molecular formula is C18H12F3NO3. The molecule has 0 saturated heterocycles. The van der Waals surface area contributed by atoms with Gasteiger partial charge in [-0.1, -0.05) is 24.3 Å². The summed E-state index contributed by atoms with van der Waals surface area (Å²) in [6, 6.07) is 11.7. The van der Waals surface area contributed by atoms with Crippen molar-refractivity contribution in [2.75, 3.05) is 0 Å². The van der Waals surface area contributed by atoms with Gasteiger partial charge in [0.2, 0.25) is 0 Å². The van der Waals surface area contributed by atoms with E-state index in [1.165, 1.54) is 36.4 Å². The zero-order valence-corrected chi connectivity index (χ0v) is 12.8. The molecule has 0 atom stereocenters. The van der Waals surface area contributed by atoms with E-state index < -0.39 is 17.7 Å². The lowest BCUT2D eigenvalue weighted by Gasteiger charge is -2.09. The fourth-order valence-electron chi connectivity index (χ4n) is 2.04. The number of nitriles is 1. The van der Waals surface area contributed by atoms with Crippen molar-refractivity contribution in [3.63, 3.8) is 0 Å². The summed E-state index contributed by atoms with van der Waals surface area (Å²) in [7, 11) is 0. The van der Waals surface area contributed by atoms with Crippen LogP contribution >= 0.6 is 0 Å². The molecule has 0 heterocycles. The Balaban J connectivity index is 2.01. The first-order chi connectivity index (χ1) is 11.8. The molecule has 0 aliphatic heterocycles. The van der Waals surface area contributed by atoms with Gasteiger partial charge in [-0.2, -0.15) is 18.4 Å². The molecule has 0 aliphatic rings. The van der Waals surface area contributed by atoms with E-state index in [9.17, 15) is 22.8 Å². The van der Waals surface area contributed by atoms with Crippen molar-refractivity contribution in [2.24, 2.45) is 0 Å². The molecule has 2 aromatic carbocycles. The number of rotatable bonds is 5. The van der Waals surface area contributed by atoms with Crippen LogP contribution < -0.4 is 0 Å². The predicted octanol–water partition coefficient (Wildman–Crippen LogP) is 4.16. The molecule has 128 valence electrons. The van der Waals surface area contributed by atoms with Crippen molar-refractivity contribution >= 4 is 11.8 Å². The predicted molar refractivity (Wildman–Crippen MR) is 81.6 cm³/mol. The minimum absolute atomic E-state index is 0.153. The van der Waals surface area contributed by atoms with Crippen molar-refractivity contribution in [3.8, 4) is 6.07 Å². The molecule has 2 rings (SSSR count). The van der Waals surface area contributed by atoms with Crippen molar-refractivity contribution in [1.29, 1.82) is 5.26 Å². The summed E-state index contributed by atoms with van der Waals surface area (Å²) < 4.78 is 42.9. The average Bonchev–Trinajstić information content (AvgIpc) is 2.59. The highest BCUT2D eigenvalue weighted by atomic mass is 19.4. The number of hydrogen-bond acceptors (Lipinski definition) is 4. The second-order valence-electron chi connectivity index (χ2n) is 5.11. The Morgan fingerprint density at radius 1 is 1.04 bits per heavy atom. The Morgan fingerprint density at radius 3 is 2.28 bits per heavy atom. The van der Waals surface area contributed by atoms with E-state index in [0.29, 0.717) is 0 Å². The summed E-state index contributed by atoms with van der Waals surface area (Å²) in [4.78, 5) is 23.4. The van der Waals surface area contributed by atoms with Crippen LogP contribution in [0.4, 0.5) is 13.2 Å². The lowest BCUT2D eigenvalue weighted by atomic mass is 10.1. The van der Waals surface area contributed by atoms with E-state index in [4.69, 9.17) is 10.00 Å². The van der Waals surface area contributed by atoms with Crippen LogP contribution in [-0.2, 0) is 17.5 Å². The Kier molecular flexibility index (Phi) is 5.55. The second-order valence-corrected chi connectivity index (χ2v) is 5.11. The van der Waals surface area contributed by atoms with Crippen LogP contribution in [0.15, 0.2) is 48.5 Å². The molecule has 0 N–H and O–H groups in total. The molecule has 0 fully saturated rings. The fourth-order valence-corrected chi connectivity index (χ4v) is 2.04. The maximum absolute atomic E-state index is 12.6. The normalized spacial score (nSPS) is 10.8. The van der Waals surface area contributed by atoms with Crippen LogP contribution in [0, 0.1) is 11.3 Å². The molecule has 25 heavy (non-hydrogen) atoms. The summed E-state index contributed by atoms with van der Waals surface area (Å²) in [5.74, 6) is -1.09. The van der Waals surface area contributed by atoms with Crippen LogP contribution in [0.2, 0.25) is 0 Å². The standard InChI is InChI=1S/C18H12F3NO3/c19-18(20,21)15-3-1-2-12(10-15)11-25-17(24)14-6-4-13(5-7-14)16(23)8-9-22/h1-7,10H,8,11H2. The van der Waals surface area contributed by atoms with E-state index in [-0.39, 0.29) is 35.5 Å². The molecule has 0 saturated carbocycles. The number of carbonyl (C=O) groups excluding carboxylic acids is 2. The zero-order chi connectivity index (χ0) is 18.4. The zero-order valence-electron chi connectivity index (χ0n) is 12.8. The molecule has 0 unspecified atom stereocenters. The first-order valence-corrected chi connectivity index (χ1v) is 7.14. The first kappa shape index (κ1) is 18.2. The topological polar surface area (TPSA) is 67.2 Å². The highest BCUT2D eigenvalue weighted by molar-refractivity contribution is 5.98. The molecule has 0 bridgehead atoms. The van der Waals surface area contributed by atoms with Gasteiger partial charge in [0.1, 0.15) is 6.61 Å². The molecule has 0 aromatic heterocycles. The number of ether oxygens (including phenoxy) is 1. The Bertz CT molecular complexity index is 821. The monoisotopic (exact) mass is 347 g/mol. The number of halogens is 3. The maximum Gasteiger partial charge on any atom is 0.416 e. The van der Waals surface area contributed by atoms with Gasteiger partial charge in [0.05, 0.1) is 23.6 Å². The number of alkyl halides is 3. The lowest BCUT2D eigenvalue weighted by Crippen LogP contribution is -2.08. The highest BCUT2D eigenvalue weighted by Crippen LogP contribution is 2.29. The lowest BCUT2D eigenvalue weighted by molar-refractivity contribution is -0.137. The summed E-state index contributed by atoms with van der Waals surface area (Å²) in [6.07, 6.45) is -4.73. The Labute approximate surface area is 141 Å². The summed E-state index contributed by atoms with van der Waals surface area (Å²) in [5, 5.41) is 8.47. The highest BCUT2D eigenvalue weighted by Gasteiger charge is 2.30. The largest absolute Gasteiger partial charge is 0.457 e. The number of Topliss-reactive ketones (excluding diaryl/α,β-unsaturated/α-hetero) is 1. The van der Waals surface area contributed by atoms with Gasteiger partial charge < -0.3 is 4.74 Å². The third-order valence-electron chi connectivity index (χ3n) is 3.31. The first-order valence-electron chi connectivity index (χ1n) is 7.14. The third kappa shape index (κ3) is 4.91. The van der Waals surface area contributed by atoms with Gasteiger partial charge in [-0.05, 0) is 29.8 Å². The summed E-state index contributed by atoms with van der Waals surface area (Å²) in [5.41, 5.74) is -0.165. The van der Waals surface area contributed by atoms with Crippen LogP contribution in [0.3, 0.4) is 0 Å². The molecule has 0 spiro atoms. The van der Waals surface area contributed by atoms with E-state index in [1.54, 1.807) is 6.07 Å². The number of nitrogens with zero attached hydrogens (tertiary/aromatic N) is 1. The van der Waals surface area contributed by atoms with Gasteiger partial charge in [0.15, 0.2) is 5.78 Å². The van der Waals surface area contributed by atoms with E-state index in [2.05, 4.69) is 0 Å². The molecule has 4 nitrogen and oxygen atoms in total. The molecular weight excluding hydrogens is 335 g/mol. The minimum Gasteiger partial charge on any atom is -0.457 e. The van der Waals surface area contributed by atoms with Crippen LogP contribution in [-0.4, -0.2) is 11.8 Å². The summed E-state index contributed by atoms with van der Waals surface area (Å²) >= 11 is 0. The Hall–Kier alpha value is -3.14. The number of benzene rings is 2. The van der Waals surface area contributed by atoms with Gasteiger partial charge in [-0.15, -0.1) is 0 Å². The minimum atomic E-state index is -4.47. The molecule has 0 amide bonds. The average molecular weight is 347 g/mol. The van der Waals surface area contributed by atoms with Gasteiger partial charge >= 0.3 is 12.1 Å². The molecule has 7 heteroatoms. The molecule has 0 radical (unpaired) electrons. The van der Waals surface area contributed by atoms with Crippen LogP contribution in [0.1, 0.15) is 38.3 Å². The van der Waals surface area contributed by atoms with E-state index in [1.807, 2.05) is 0 Å². The van der Waals surface area contributed by atoms with Crippen LogP contribution in [0.25, 0.3) is 0 Å². The van der Waals surface area contributed by atoms with Crippen molar-refractivity contribution in [1.82, 2.24) is 0 Å².